The van der Waals surface area contributed by atoms with Gasteiger partial charge in [-0.25, -0.2) is 0 Å². The van der Waals surface area contributed by atoms with Crippen LogP contribution in [-0.2, 0) is 6.42 Å². The molecular weight excluding hydrogens is 346 g/mol. The first-order chi connectivity index (χ1) is 12.9. The number of rotatable bonds is 5. The lowest BCUT2D eigenvalue weighted by Crippen LogP contribution is -1.94. The summed E-state index contributed by atoms with van der Waals surface area (Å²) in [5.41, 5.74) is 2.92. The van der Waals surface area contributed by atoms with Crippen molar-refractivity contribution in [3.8, 4) is 45.6 Å². The minimum absolute atomic E-state index is 0.0483. The van der Waals surface area contributed by atoms with Crippen LogP contribution < -0.4 is 4.74 Å². The van der Waals surface area contributed by atoms with Gasteiger partial charge in [0, 0.05) is 23.3 Å². The first kappa shape index (κ1) is 18.4. The van der Waals surface area contributed by atoms with Gasteiger partial charge in [-0.1, -0.05) is 16.8 Å². The first-order valence-corrected chi connectivity index (χ1v) is 8.42. The molecule has 0 bridgehead atoms. The normalized spacial score (nSPS) is 10.6. The van der Waals surface area contributed by atoms with Crippen molar-refractivity contribution in [1.82, 2.24) is 5.16 Å². The Balaban J connectivity index is 2.09. The molecule has 0 radical (unpaired) electrons. The molecule has 0 aliphatic heterocycles. The van der Waals surface area contributed by atoms with Crippen LogP contribution in [0.25, 0.3) is 22.6 Å². The minimum Gasteiger partial charge on any atom is -0.508 e. The van der Waals surface area contributed by atoms with Gasteiger partial charge in [0.15, 0.2) is 5.76 Å². The standard InChI is InChI=1S/C21H21NO5/c1-12(2)4-9-15-17(24)11-19(26-3)20(21(15)25)16-10-18(27-22-16)13-5-7-14(23)8-6-13/h4-8,10-11,23-25H,9H2,1-3H3. The Morgan fingerprint density at radius 1 is 1.11 bits per heavy atom. The van der Waals surface area contributed by atoms with Crippen molar-refractivity contribution in [1.29, 1.82) is 0 Å². The van der Waals surface area contributed by atoms with Crippen LogP contribution in [0.4, 0.5) is 0 Å². The third-order valence-corrected chi connectivity index (χ3v) is 4.20. The van der Waals surface area contributed by atoms with Crippen molar-refractivity contribution in [2.45, 2.75) is 20.3 Å². The number of methoxy groups -OCH3 is 1. The molecule has 3 rings (SSSR count). The summed E-state index contributed by atoms with van der Waals surface area (Å²) >= 11 is 0. The van der Waals surface area contributed by atoms with E-state index in [0.29, 0.717) is 29.0 Å². The van der Waals surface area contributed by atoms with E-state index in [9.17, 15) is 15.3 Å². The topological polar surface area (TPSA) is 96.0 Å². The molecule has 27 heavy (non-hydrogen) atoms. The number of hydrogen-bond acceptors (Lipinski definition) is 6. The monoisotopic (exact) mass is 367 g/mol. The highest BCUT2D eigenvalue weighted by atomic mass is 16.5. The van der Waals surface area contributed by atoms with Gasteiger partial charge in [-0.3, -0.25) is 0 Å². The maximum atomic E-state index is 10.8. The van der Waals surface area contributed by atoms with Crippen molar-refractivity contribution in [3.05, 3.63) is 53.6 Å². The van der Waals surface area contributed by atoms with Crippen LogP contribution in [0.1, 0.15) is 19.4 Å². The van der Waals surface area contributed by atoms with Gasteiger partial charge in [0.1, 0.15) is 28.7 Å². The van der Waals surface area contributed by atoms with Gasteiger partial charge in [-0.15, -0.1) is 0 Å². The molecule has 2 aromatic carbocycles. The highest BCUT2D eigenvalue weighted by molar-refractivity contribution is 5.79. The Hall–Kier alpha value is -3.41. The lowest BCUT2D eigenvalue weighted by atomic mass is 10.00. The summed E-state index contributed by atoms with van der Waals surface area (Å²) in [6.07, 6.45) is 2.29. The minimum atomic E-state index is -0.102. The van der Waals surface area contributed by atoms with Gasteiger partial charge >= 0.3 is 0 Å². The maximum Gasteiger partial charge on any atom is 0.167 e. The number of nitrogens with zero attached hydrogens (tertiary/aromatic N) is 1. The Kier molecular flexibility index (Phi) is 5.07. The zero-order chi connectivity index (χ0) is 19.6. The lowest BCUT2D eigenvalue weighted by molar-refractivity contribution is 0.395. The van der Waals surface area contributed by atoms with Crippen LogP contribution in [-0.4, -0.2) is 27.6 Å². The zero-order valence-electron chi connectivity index (χ0n) is 15.4. The number of aromatic nitrogens is 1. The summed E-state index contributed by atoms with van der Waals surface area (Å²) in [4.78, 5) is 0. The third kappa shape index (κ3) is 3.74. The Morgan fingerprint density at radius 3 is 2.44 bits per heavy atom. The van der Waals surface area contributed by atoms with Crippen LogP contribution in [0.15, 0.2) is 52.6 Å². The Bertz CT molecular complexity index is 983. The number of aromatic hydroxyl groups is 3. The molecule has 0 atom stereocenters. The number of allylic oxidation sites excluding steroid dienone is 2. The summed E-state index contributed by atoms with van der Waals surface area (Å²) in [5.74, 6) is 0.768. The fraction of sp³-hybridized carbons (Fsp3) is 0.190. The summed E-state index contributed by atoms with van der Waals surface area (Å²) in [6, 6.07) is 9.63. The first-order valence-electron chi connectivity index (χ1n) is 8.42. The van der Waals surface area contributed by atoms with Crippen LogP contribution >= 0.6 is 0 Å². The van der Waals surface area contributed by atoms with E-state index < -0.39 is 0 Å². The molecule has 6 heteroatoms. The van der Waals surface area contributed by atoms with Crippen molar-refractivity contribution in [2.24, 2.45) is 0 Å². The van der Waals surface area contributed by atoms with Gasteiger partial charge in [0.25, 0.3) is 0 Å². The molecule has 0 amide bonds. The Morgan fingerprint density at radius 2 is 1.81 bits per heavy atom. The molecular formula is C21H21NO5. The second-order valence-corrected chi connectivity index (χ2v) is 6.41. The highest BCUT2D eigenvalue weighted by Crippen LogP contribution is 2.45. The molecule has 0 aliphatic carbocycles. The largest absolute Gasteiger partial charge is 0.508 e. The van der Waals surface area contributed by atoms with E-state index in [0.717, 1.165) is 11.1 Å². The summed E-state index contributed by atoms with van der Waals surface area (Å²) in [6.45, 7) is 3.89. The summed E-state index contributed by atoms with van der Waals surface area (Å²) < 4.78 is 10.7. The quantitative estimate of drug-likeness (QED) is 0.569. The second-order valence-electron chi connectivity index (χ2n) is 6.41. The molecule has 3 N–H and O–H groups in total. The second kappa shape index (κ2) is 7.45. The molecule has 0 unspecified atom stereocenters. The van der Waals surface area contributed by atoms with E-state index in [1.54, 1.807) is 30.3 Å². The molecule has 0 saturated heterocycles. The number of hydrogen-bond donors (Lipinski definition) is 3. The van der Waals surface area contributed by atoms with Crippen molar-refractivity contribution in [2.75, 3.05) is 7.11 Å². The SMILES string of the molecule is COc1cc(O)c(CC=C(C)C)c(O)c1-c1cc(-c2ccc(O)cc2)on1. The number of phenols is 3. The average Bonchev–Trinajstić information content (AvgIpc) is 3.10. The van der Waals surface area contributed by atoms with Crippen LogP contribution in [0.2, 0.25) is 0 Å². The average molecular weight is 367 g/mol. The molecule has 0 fully saturated rings. The highest BCUT2D eigenvalue weighted by Gasteiger charge is 2.22. The molecule has 1 heterocycles. The van der Waals surface area contributed by atoms with Gasteiger partial charge in [0.05, 0.1) is 12.7 Å². The lowest BCUT2D eigenvalue weighted by Gasteiger charge is -2.13. The van der Waals surface area contributed by atoms with Gasteiger partial charge in [-0.2, -0.15) is 0 Å². The van der Waals surface area contributed by atoms with Crippen LogP contribution in [0, 0.1) is 0 Å². The summed E-state index contributed by atoms with van der Waals surface area (Å²) in [5, 5.41) is 34.5. The van der Waals surface area contributed by atoms with Crippen molar-refractivity contribution < 1.29 is 24.6 Å². The van der Waals surface area contributed by atoms with E-state index in [2.05, 4.69) is 5.16 Å². The van der Waals surface area contributed by atoms with Crippen LogP contribution in [0.3, 0.4) is 0 Å². The number of phenolic OH excluding ortho intramolecular Hbond substituents is 3. The summed E-state index contributed by atoms with van der Waals surface area (Å²) in [7, 11) is 1.45. The maximum absolute atomic E-state index is 10.8. The molecule has 3 aromatic rings. The van der Waals surface area contributed by atoms with E-state index in [1.165, 1.54) is 13.2 Å². The fourth-order valence-electron chi connectivity index (χ4n) is 2.74. The zero-order valence-corrected chi connectivity index (χ0v) is 15.4. The van der Waals surface area contributed by atoms with E-state index in [-0.39, 0.29) is 23.0 Å². The fourth-order valence-corrected chi connectivity index (χ4v) is 2.74. The third-order valence-electron chi connectivity index (χ3n) is 4.20. The Labute approximate surface area is 157 Å². The number of benzene rings is 2. The van der Waals surface area contributed by atoms with E-state index >= 15 is 0 Å². The predicted molar refractivity (Wildman–Crippen MR) is 102 cm³/mol. The molecule has 0 spiro atoms. The van der Waals surface area contributed by atoms with E-state index in [4.69, 9.17) is 9.26 Å². The molecule has 0 aliphatic rings. The van der Waals surface area contributed by atoms with E-state index in [1.807, 2.05) is 19.9 Å². The molecule has 1 aromatic heterocycles. The predicted octanol–water partition coefficient (Wildman–Crippen LogP) is 4.64. The molecule has 140 valence electrons. The smallest absolute Gasteiger partial charge is 0.167 e. The number of ether oxygens (including phenoxy) is 1. The van der Waals surface area contributed by atoms with Gasteiger partial charge in [0.2, 0.25) is 0 Å². The van der Waals surface area contributed by atoms with Crippen molar-refractivity contribution in [3.63, 3.8) is 0 Å². The van der Waals surface area contributed by atoms with Gasteiger partial charge in [-0.05, 0) is 44.5 Å². The van der Waals surface area contributed by atoms with Crippen LogP contribution in [0.5, 0.6) is 23.0 Å². The van der Waals surface area contributed by atoms with Gasteiger partial charge < -0.3 is 24.6 Å². The molecule has 0 saturated carbocycles. The molecule has 6 nitrogen and oxygen atoms in total. The van der Waals surface area contributed by atoms with Crippen molar-refractivity contribution >= 4 is 0 Å².